The maximum Gasteiger partial charge on any atom is 0.155 e. The van der Waals surface area contributed by atoms with Gasteiger partial charge in [-0.05, 0) is 176 Å². The number of aromatic nitrogens is 6. The largest absolute Gasteiger partial charge is 0.512 e. The summed E-state index contributed by atoms with van der Waals surface area (Å²) in [5.41, 5.74) is 23.2. The molecule has 0 fully saturated rings. The van der Waals surface area contributed by atoms with Crippen molar-refractivity contribution in [1.82, 2.24) is 29.9 Å². The molecule has 0 aliphatic rings. The molecular formula is C123H104Ir6N6O8-6. The van der Waals surface area contributed by atoms with E-state index < -0.39 is 0 Å². The van der Waals surface area contributed by atoms with Gasteiger partial charge in [0.2, 0.25) is 0 Å². The molecule has 4 N–H and O–H groups in total. The van der Waals surface area contributed by atoms with E-state index in [-0.39, 0.29) is 167 Å². The van der Waals surface area contributed by atoms with Gasteiger partial charge in [-0.1, -0.05) is 255 Å². The Morgan fingerprint density at radius 1 is 0.252 bits per heavy atom. The number of hydrogen-bond acceptors (Lipinski definition) is 14. The van der Waals surface area contributed by atoms with Gasteiger partial charge >= 0.3 is 0 Å². The van der Waals surface area contributed by atoms with Gasteiger partial charge < -0.3 is 25.4 Å². The average Bonchev–Trinajstić information content (AvgIpc) is 0.787. The average molecular weight is 2950 g/mol. The molecule has 20 heteroatoms. The summed E-state index contributed by atoms with van der Waals surface area (Å²) in [7, 11) is 0. The second kappa shape index (κ2) is 62.7. The van der Waals surface area contributed by atoms with Crippen LogP contribution in [-0.4, -0.2) is 73.5 Å². The first-order chi connectivity index (χ1) is 66.2. The molecule has 6 aromatic heterocycles. The summed E-state index contributed by atoms with van der Waals surface area (Å²) in [6.45, 7) is 17.6. The number of para-hydroxylation sites is 4. The standard InChI is InChI=1S/C21H14N.C19H12N.C17H14N.C16H12N.2C15H10N.4C5H8O2.6Ir/c1-2-6-16(7-3-1)17-10-12-19(13-11-17)21-15-14-18-8-4-5-9-20(18)22-21;1-2-7-16-13-17(10-9-14(16)5-1)19-12-11-15-6-3-4-8-18(15)20-19;1-12-9-13(2)11-15(10-12)17-8-7-14-5-3-4-6-16(14)18-17;1-12-7-8-14-9-10-15(17-16(14)11-12)13-5-3-2-4-6-13;1-2-7-13(8-3-1)15-14-9-5-4-6-12(14)10-11-16-15;1-2-6-12(7-3-1)15-11-10-13-8-4-5-9-14(13)16-15;4*1-4(6)3-5(2)7;;;;;;/h1-12,14-15H;1-9,11-13H;3-10H,1-2H3;2-5,7-11H,1H3;1-7,9-11H;1-6,8-11H;4*3,6H,1-2H3;;;;;;/q6*-1;;;;;;;;;;. The van der Waals surface area contributed by atoms with Crippen molar-refractivity contribution in [3.63, 3.8) is 0 Å². The van der Waals surface area contributed by atoms with E-state index in [4.69, 9.17) is 35.4 Å². The molecule has 20 aromatic rings. The van der Waals surface area contributed by atoms with Gasteiger partial charge in [0.15, 0.2) is 23.1 Å². The zero-order chi connectivity index (χ0) is 97.4. The third-order valence-electron chi connectivity index (χ3n) is 20.1. The summed E-state index contributed by atoms with van der Waals surface area (Å²) < 4.78 is 0. The fraction of sp³-hybridized carbons (Fsp3) is 0.0894. The van der Waals surface area contributed by atoms with Crippen LogP contribution in [0, 0.1) is 57.2 Å². The van der Waals surface area contributed by atoms with E-state index in [2.05, 4.69) is 236 Å². The molecule has 0 atom stereocenters. The second-order valence-electron chi connectivity index (χ2n) is 31.8. The zero-order valence-corrected chi connectivity index (χ0v) is 94.7. The van der Waals surface area contributed by atoms with Crippen LogP contribution in [0.1, 0.15) is 72.1 Å². The van der Waals surface area contributed by atoms with Crippen LogP contribution in [-0.2, 0) is 140 Å². The van der Waals surface area contributed by atoms with Gasteiger partial charge in [0.05, 0.1) is 50.6 Å². The van der Waals surface area contributed by atoms with Crippen LogP contribution in [0.15, 0.2) is 430 Å². The molecule has 14 aromatic carbocycles. The molecule has 0 unspecified atom stereocenters. The van der Waals surface area contributed by atoms with Crippen molar-refractivity contribution in [1.29, 1.82) is 0 Å². The number of ketones is 4. The third kappa shape index (κ3) is 39.8. The molecule has 6 heterocycles. The Hall–Kier alpha value is -13.5. The first-order valence-corrected chi connectivity index (χ1v) is 44.3. The van der Waals surface area contributed by atoms with Crippen molar-refractivity contribution >= 4 is 99.2 Å². The summed E-state index contributed by atoms with van der Waals surface area (Å²) in [6.07, 6.45) is 6.51. The molecule has 0 aliphatic carbocycles. The minimum Gasteiger partial charge on any atom is -0.512 e. The summed E-state index contributed by atoms with van der Waals surface area (Å²) in [5, 5.41) is 44.1. The van der Waals surface area contributed by atoms with Crippen molar-refractivity contribution in [2.24, 2.45) is 0 Å². The van der Waals surface area contributed by atoms with Gasteiger partial charge in [0.25, 0.3) is 0 Å². The van der Waals surface area contributed by atoms with Gasteiger partial charge in [-0.3, -0.25) is 44.1 Å². The minimum atomic E-state index is -0.125. The van der Waals surface area contributed by atoms with Crippen LogP contribution in [0.3, 0.4) is 0 Å². The van der Waals surface area contributed by atoms with E-state index in [1.807, 2.05) is 219 Å². The number of aryl methyl sites for hydroxylation is 3. The van der Waals surface area contributed by atoms with Crippen molar-refractivity contribution in [3.05, 3.63) is 483 Å². The predicted molar refractivity (Wildman–Crippen MR) is 562 cm³/mol. The number of fused-ring (bicyclic) bond motifs is 7. The monoisotopic (exact) mass is 2950 g/mol. The number of nitrogens with zero attached hydrogens (tertiary/aromatic N) is 6. The normalized spacial score (nSPS) is 10.4. The van der Waals surface area contributed by atoms with Crippen LogP contribution in [0.4, 0.5) is 0 Å². The molecule has 0 saturated carbocycles. The van der Waals surface area contributed by atoms with Crippen LogP contribution in [0.25, 0.3) is 155 Å². The summed E-state index contributed by atoms with van der Waals surface area (Å²) in [4.78, 5) is 67.9. The van der Waals surface area contributed by atoms with Crippen molar-refractivity contribution in [2.75, 3.05) is 0 Å². The topological polar surface area (TPSA) is 227 Å². The molecule has 734 valence electrons. The predicted octanol–water partition coefficient (Wildman–Crippen LogP) is 30.1. The molecule has 20 rings (SSSR count). The summed E-state index contributed by atoms with van der Waals surface area (Å²) in [6, 6.07) is 147. The first kappa shape index (κ1) is 120. The number of allylic oxidation sites excluding steroid dienone is 8. The quantitative estimate of drug-likeness (QED) is 0.0537. The van der Waals surface area contributed by atoms with Gasteiger partial charge in [0, 0.05) is 151 Å². The Bertz CT molecular complexity index is 7390. The number of benzene rings is 14. The molecular weight excluding hydrogens is 2840 g/mol. The van der Waals surface area contributed by atoms with Crippen molar-refractivity contribution in [2.45, 2.75) is 76.2 Å². The fourth-order valence-corrected chi connectivity index (χ4v) is 14.1. The van der Waals surface area contributed by atoms with Crippen molar-refractivity contribution < 1.29 is 160 Å². The third-order valence-corrected chi connectivity index (χ3v) is 20.1. The molecule has 0 saturated heterocycles. The van der Waals surface area contributed by atoms with E-state index in [1.54, 1.807) is 0 Å². The Morgan fingerprint density at radius 2 is 0.587 bits per heavy atom. The van der Waals surface area contributed by atoms with E-state index in [1.165, 1.54) is 140 Å². The number of pyridine rings is 6. The van der Waals surface area contributed by atoms with Crippen LogP contribution in [0.5, 0.6) is 0 Å². The number of hydrogen-bond donors (Lipinski definition) is 4. The molecule has 143 heavy (non-hydrogen) atoms. The van der Waals surface area contributed by atoms with Crippen LogP contribution < -0.4 is 0 Å². The van der Waals surface area contributed by atoms with Crippen LogP contribution >= 0.6 is 0 Å². The van der Waals surface area contributed by atoms with Crippen molar-refractivity contribution in [3.8, 4) is 78.7 Å². The number of aliphatic hydroxyl groups excluding tert-OH is 4. The molecule has 0 bridgehead atoms. The van der Waals surface area contributed by atoms with Gasteiger partial charge in [0.1, 0.15) is 0 Å². The molecule has 0 spiro atoms. The Balaban J connectivity index is 0.000000285. The number of aliphatic hydroxyl groups is 4. The molecule has 14 nitrogen and oxygen atoms in total. The Morgan fingerprint density at radius 3 is 0.972 bits per heavy atom. The molecule has 0 amide bonds. The Kier molecular flexibility index (Phi) is 52.7. The molecule has 6 radical (unpaired) electrons. The Labute approximate surface area is 918 Å². The summed E-state index contributed by atoms with van der Waals surface area (Å²) >= 11 is 0. The number of rotatable bonds is 11. The van der Waals surface area contributed by atoms with Crippen LogP contribution in [0.2, 0.25) is 0 Å². The van der Waals surface area contributed by atoms with E-state index in [9.17, 15) is 19.2 Å². The fourth-order valence-electron chi connectivity index (χ4n) is 14.1. The maximum absolute atomic E-state index is 10.0. The van der Waals surface area contributed by atoms with Gasteiger partial charge in [-0.15, -0.1) is 202 Å². The second-order valence-corrected chi connectivity index (χ2v) is 31.8. The number of carbonyl (C=O) groups excluding carboxylic acids is 4. The zero-order valence-electron chi connectivity index (χ0n) is 80.3. The SMILES string of the molecule is CC(=O)C=C(C)O.CC(=O)C=C(C)O.CC(=O)C=C(C)O.CC(=O)C=C(C)O.Cc1[c-]c(-c2ccc3ccccc3n2)cc(C)c1.Cc1ccc2ccc(-c3[c-]cccc3)nc2c1.[Ir].[Ir].[Ir].[Ir].[Ir].[Ir].[c-]1cc(-c2ccccc2)ccc1-c1ccc2ccccc2n1.[c-]1cc2ccccc2cc1-c1ccc2ccccc2n1.[c-]1ccccc1-c1ccc2ccccc2n1.[c-]1ccccc1-c1nccc2ccccc12. The minimum absolute atomic E-state index is 0. The smallest absolute Gasteiger partial charge is 0.155 e. The van der Waals surface area contributed by atoms with E-state index >= 15 is 0 Å². The maximum atomic E-state index is 10.0. The van der Waals surface area contributed by atoms with Gasteiger partial charge in [-0.25, -0.2) is 0 Å². The molecule has 0 aliphatic heterocycles. The van der Waals surface area contributed by atoms with E-state index in [0.29, 0.717) is 0 Å². The first-order valence-electron chi connectivity index (χ1n) is 44.3. The number of carbonyl (C=O) groups is 4. The van der Waals surface area contributed by atoms with Gasteiger partial charge in [-0.2, -0.15) is 0 Å². The summed E-state index contributed by atoms with van der Waals surface area (Å²) in [5.74, 6) is -0.250. The van der Waals surface area contributed by atoms with E-state index in [0.717, 1.165) is 111 Å².